The molecule has 0 saturated heterocycles. The molecule has 4 nitrogen and oxygen atoms in total. The number of hydrogen-bond acceptors (Lipinski definition) is 5. The number of hydrogen-bond donors (Lipinski definition) is 2. The van der Waals surface area contributed by atoms with Crippen molar-refractivity contribution < 1.29 is 0 Å². The van der Waals surface area contributed by atoms with Gasteiger partial charge in [-0.05, 0) is 49.1 Å². The standard InChI is InChI=1S/C18H16N4S/c1-10-9-21-18(19)8-15(10)22-14-3-4-20-16-6-12-5-11(2)23-17(12)7-13(14)16/h3-9H,1-2H3,(H3,19,20,21,22). The van der Waals surface area contributed by atoms with E-state index in [1.165, 1.54) is 15.0 Å². The average Bonchev–Trinajstić information content (AvgIpc) is 2.88. The Morgan fingerprint density at radius 3 is 2.78 bits per heavy atom. The van der Waals surface area contributed by atoms with Crippen molar-refractivity contribution in [3.8, 4) is 0 Å². The highest BCUT2D eigenvalue weighted by atomic mass is 32.1. The smallest absolute Gasteiger partial charge is 0.125 e. The lowest BCUT2D eigenvalue weighted by atomic mass is 10.1. The Morgan fingerprint density at radius 2 is 1.91 bits per heavy atom. The molecule has 5 heteroatoms. The number of nitrogen functional groups attached to an aromatic ring is 1. The minimum atomic E-state index is 0.507. The van der Waals surface area contributed by atoms with Crippen LogP contribution in [0.4, 0.5) is 17.2 Å². The quantitative estimate of drug-likeness (QED) is 0.557. The van der Waals surface area contributed by atoms with Gasteiger partial charge >= 0.3 is 0 Å². The fraction of sp³-hybridized carbons (Fsp3) is 0.111. The van der Waals surface area contributed by atoms with Crippen LogP contribution < -0.4 is 11.1 Å². The number of rotatable bonds is 2. The normalized spacial score (nSPS) is 11.2. The maximum absolute atomic E-state index is 5.81. The van der Waals surface area contributed by atoms with Crippen LogP contribution in [-0.2, 0) is 0 Å². The van der Waals surface area contributed by atoms with Crippen molar-refractivity contribution >= 4 is 49.5 Å². The number of benzene rings is 1. The van der Waals surface area contributed by atoms with Crippen molar-refractivity contribution in [3.05, 3.63) is 53.2 Å². The van der Waals surface area contributed by atoms with Gasteiger partial charge in [0.15, 0.2) is 0 Å². The Bertz CT molecular complexity index is 1040. The van der Waals surface area contributed by atoms with Gasteiger partial charge in [0.05, 0.1) is 5.52 Å². The molecule has 4 rings (SSSR count). The first-order valence-corrected chi connectivity index (χ1v) is 8.20. The van der Waals surface area contributed by atoms with Crippen molar-refractivity contribution in [2.75, 3.05) is 11.1 Å². The molecule has 0 aliphatic carbocycles. The largest absolute Gasteiger partial charge is 0.384 e. The number of thiophene rings is 1. The first-order valence-electron chi connectivity index (χ1n) is 7.38. The van der Waals surface area contributed by atoms with Crippen LogP contribution in [0.3, 0.4) is 0 Å². The highest BCUT2D eigenvalue weighted by molar-refractivity contribution is 7.19. The van der Waals surface area contributed by atoms with E-state index >= 15 is 0 Å². The maximum atomic E-state index is 5.81. The molecule has 0 bridgehead atoms. The molecule has 0 aliphatic rings. The van der Waals surface area contributed by atoms with Gasteiger partial charge in [-0.1, -0.05) is 0 Å². The summed E-state index contributed by atoms with van der Waals surface area (Å²) in [6.07, 6.45) is 3.61. The van der Waals surface area contributed by atoms with Crippen LogP contribution in [0.15, 0.2) is 42.7 Å². The third-order valence-electron chi connectivity index (χ3n) is 3.90. The molecule has 3 aromatic heterocycles. The van der Waals surface area contributed by atoms with Crippen LogP contribution in [0.5, 0.6) is 0 Å². The maximum Gasteiger partial charge on any atom is 0.125 e. The zero-order chi connectivity index (χ0) is 16.0. The highest BCUT2D eigenvalue weighted by Crippen LogP contribution is 2.33. The Kier molecular flexibility index (Phi) is 3.16. The molecular formula is C18H16N4S. The first-order chi connectivity index (χ1) is 11.1. The number of nitrogens with one attached hydrogen (secondary N) is 1. The van der Waals surface area contributed by atoms with E-state index in [0.29, 0.717) is 5.82 Å². The Labute approximate surface area is 138 Å². The number of aromatic nitrogens is 2. The van der Waals surface area contributed by atoms with Gasteiger partial charge in [0.25, 0.3) is 0 Å². The highest BCUT2D eigenvalue weighted by Gasteiger charge is 2.08. The van der Waals surface area contributed by atoms with E-state index in [0.717, 1.165) is 27.8 Å². The van der Waals surface area contributed by atoms with E-state index in [2.05, 4.69) is 40.4 Å². The van der Waals surface area contributed by atoms with E-state index < -0.39 is 0 Å². The van der Waals surface area contributed by atoms with Crippen LogP contribution in [-0.4, -0.2) is 9.97 Å². The molecule has 1 aromatic carbocycles. The Morgan fingerprint density at radius 1 is 1.04 bits per heavy atom. The lowest BCUT2D eigenvalue weighted by Gasteiger charge is -2.12. The van der Waals surface area contributed by atoms with Crippen molar-refractivity contribution in [1.29, 1.82) is 0 Å². The van der Waals surface area contributed by atoms with Gasteiger partial charge in [-0.3, -0.25) is 4.98 Å². The molecule has 4 aromatic rings. The number of pyridine rings is 2. The molecule has 23 heavy (non-hydrogen) atoms. The summed E-state index contributed by atoms with van der Waals surface area (Å²) in [6, 6.07) is 10.4. The monoisotopic (exact) mass is 320 g/mol. The second-order valence-electron chi connectivity index (χ2n) is 5.67. The predicted octanol–water partition coefficient (Wildman–Crippen LogP) is 4.79. The Hall–Kier alpha value is -2.66. The number of aryl methyl sites for hydroxylation is 2. The van der Waals surface area contributed by atoms with Crippen LogP contribution in [0.25, 0.3) is 21.0 Å². The third-order valence-corrected chi connectivity index (χ3v) is 4.91. The molecular weight excluding hydrogens is 304 g/mol. The van der Waals surface area contributed by atoms with E-state index in [1.807, 2.05) is 25.3 Å². The van der Waals surface area contributed by atoms with Crippen LogP contribution in [0, 0.1) is 13.8 Å². The van der Waals surface area contributed by atoms with Gasteiger partial charge < -0.3 is 11.1 Å². The van der Waals surface area contributed by atoms with Gasteiger partial charge in [-0.25, -0.2) is 4.98 Å². The zero-order valence-electron chi connectivity index (χ0n) is 12.9. The summed E-state index contributed by atoms with van der Waals surface area (Å²) in [4.78, 5) is 9.93. The second-order valence-corrected chi connectivity index (χ2v) is 6.96. The minimum Gasteiger partial charge on any atom is -0.384 e. The zero-order valence-corrected chi connectivity index (χ0v) is 13.7. The van der Waals surface area contributed by atoms with E-state index in [1.54, 1.807) is 17.5 Å². The van der Waals surface area contributed by atoms with Crippen LogP contribution in [0.1, 0.15) is 10.4 Å². The van der Waals surface area contributed by atoms with Gasteiger partial charge in [-0.2, -0.15) is 0 Å². The molecule has 0 atom stereocenters. The average molecular weight is 320 g/mol. The van der Waals surface area contributed by atoms with Gasteiger partial charge in [0, 0.05) is 44.8 Å². The Balaban J connectivity index is 1.89. The molecule has 0 amide bonds. The lowest BCUT2D eigenvalue weighted by Crippen LogP contribution is -1.98. The second kappa shape index (κ2) is 5.21. The number of anilines is 3. The summed E-state index contributed by atoms with van der Waals surface area (Å²) in [7, 11) is 0. The SMILES string of the molecule is Cc1cc2cc3nccc(Nc4cc(N)ncc4C)c3cc2s1. The summed E-state index contributed by atoms with van der Waals surface area (Å²) >= 11 is 1.80. The number of fused-ring (bicyclic) bond motifs is 2. The van der Waals surface area contributed by atoms with Gasteiger partial charge in [0.1, 0.15) is 5.82 Å². The molecule has 3 heterocycles. The molecule has 0 spiro atoms. The summed E-state index contributed by atoms with van der Waals surface area (Å²) in [5.74, 6) is 0.507. The van der Waals surface area contributed by atoms with Crippen molar-refractivity contribution in [2.24, 2.45) is 0 Å². The topological polar surface area (TPSA) is 63.8 Å². The molecule has 3 N–H and O–H groups in total. The fourth-order valence-electron chi connectivity index (χ4n) is 2.74. The van der Waals surface area contributed by atoms with Gasteiger partial charge in [0.2, 0.25) is 0 Å². The first kappa shape index (κ1) is 14.0. The molecule has 114 valence electrons. The molecule has 0 unspecified atom stereocenters. The molecule has 0 fully saturated rings. The van der Waals surface area contributed by atoms with Gasteiger partial charge in [-0.15, -0.1) is 11.3 Å². The minimum absolute atomic E-state index is 0.507. The summed E-state index contributed by atoms with van der Waals surface area (Å²) in [5.41, 5.74) is 9.84. The van der Waals surface area contributed by atoms with Crippen LogP contribution >= 0.6 is 11.3 Å². The summed E-state index contributed by atoms with van der Waals surface area (Å²) in [6.45, 7) is 4.14. The summed E-state index contributed by atoms with van der Waals surface area (Å²) < 4.78 is 1.28. The van der Waals surface area contributed by atoms with Crippen molar-refractivity contribution in [1.82, 2.24) is 9.97 Å². The fourth-order valence-corrected chi connectivity index (χ4v) is 3.69. The van der Waals surface area contributed by atoms with E-state index in [9.17, 15) is 0 Å². The van der Waals surface area contributed by atoms with E-state index in [-0.39, 0.29) is 0 Å². The number of nitrogens with two attached hydrogens (primary N) is 1. The van der Waals surface area contributed by atoms with Crippen molar-refractivity contribution in [2.45, 2.75) is 13.8 Å². The third kappa shape index (κ3) is 2.49. The number of nitrogens with zero attached hydrogens (tertiary/aromatic N) is 2. The predicted molar refractivity (Wildman–Crippen MR) is 98.5 cm³/mol. The lowest BCUT2D eigenvalue weighted by molar-refractivity contribution is 1.27. The molecule has 0 aliphatic heterocycles. The van der Waals surface area contributed by atoms with Crippen LogP contribution in [0.2, 0.25) is 0 Å². The molecule has 0 radical (unpaired) electrons. The summed E-state index contributed by atoms with van der Waals surface area (Å²) in [5, 5.41) is 5.82. The van der Waals surface area contributed by atoms with Crippen molar-refractivity contribution in [3.63, 3.8) is 0 Å². The van der Waals surface area contributed by atoms with E-state index in [4.69, 9.17) is 5.73 Å². The molecule has 0 saturated carbocycles.